The van der Waals surface area contributed by atoms with E-state index in [2.05, 4.69) is 9.97 Å². The molecule has 19 heavy (non-hydrogen) atoms. The summed E-state index contributed by atoms with van der Waals surface area (Å²) < 4.78 is 13.8. The maximum Gasteiger partial charge on any atom is 0.145 e. The Bertz CT molecular complexity index is 757. The SMILES string of the molecule is Cc1cc(C)c2nc(-c3c(O)cccc3F)[nH]c2c1. The molecule has 1 heterocycles. The molecule has 3 nitrogen and oxygen atoms in total. The van der Waals surface area contributed by atoms with E-state index in [0.29, 0.717) is 5.82 Å². The van der Waals surface area contributed by atoms with Gasteiger partial charge in [-0.15, -0.1) is 0 Å². The van der Waals surface area contributed by atoms with Gasteiger partial charge in [-0.3, -0.25) is 0 Å². The Morgan fingerprint density at radius 1 is 1.21 bits per heavy atom. The van der Waals surface area contributed by atoms with Crippen LogP contribution >= 0.6 is 0 Å². The molecule has 3 rings (SSSR count). The standard InChI is InChI=1S/C15H13FN2O/c1-8-6-9(2)14-11(7-8)17-15(18-14)13-10(16)4-3-5-12(13)19/h3-7,19H,1-2H3,(H,17,18). The Balaban J connectivity index is 2.30. The summed E-state index contributed by atoms with van der Waals surface area (Å²) >= 11 is 0. The monoisotopic (exact) mass is 256 g/mol. The third kappa shape index (κ3) is 1.85. The van der Waals surface area contributed by atoms with Gasteiger partial charge in [0.1, 0.15) is 17.4 Å². The van der Waals surface area contributed by atoms with Gasteiger partial charge in [0, 0.05) is 0 Å². The minimum Gasteiger partial charge on any atom is -0.507 e. The predicted octanol–water partition coefficient (Wildman–Crippen LogP) is 3.69. The van der Waals surface area contributed by atoms with E-state index in [9.17, 15) is 9.50 Å². The molecule has 2 aromatic carbocycles. The summed E-state index contributed by atoms with van der Waals surface area (Å²) in [6, 6.07) is 8.20. The van der Waals surface area contributed by atoms with Gasteiger partial charge in [0.15, 0.2) is 0 Å². The van der Waals surface area contributed by atoms with Crippen LogP contribution in [0.4, 0.5) is 4.39 Å². The number of phenols is 1. The van der Waals surface area contributed by atoms with Crippen LogP contribution < -0.4 is 0 Å². The summed E-state index contributed by atoms with van der Waals surface area (Å²) in [4.78, 5) is 7.45. The van der Waals surface area contributed by atoms with Gasteiger partial charge in [-0.1, -0.05) is 12.1 Å². The molecule has 0 spiro atoms. The summed E-state index contributed by atoms with van der Waals surface area (Å²) in [5.41, 5.74) is 3.88. The maximum atomic E-state index is 13.8. The lowest BCUT2D eigenvalue weighted by Gasteiger charge is -2.01. The van der Waals surface area contributed by atoms with Gasteiger partial charge < -0.3 is 10.1 Å². The van der Waals surface area contributed by atoms with E-state index in [-0.39, 0.29) is 11.3 Å². The molecule has 0 amide bonds. The number of halogens is 1. The number of hydrogen-bond donors (Lipinski definition) is 2. The molecule has 96 valence electrons. The largest absolute Gasteiger partial charge is 0.507 e. The molecule has 3 aromatic rings. The molecule has 0 bridgehead atoms. The molecule has 0 saturated heterocycles. The maximum absolute atomic E-state index is 13.8. The fourth-order valence-corrected chi connectivity index (χ4v) is 2.34. The van der Waals surface area contributed by atoms with Crippen LogP contribution in [-0.2, 0) is 0 Å². The number of imidazole rings is 1. The van der Waals surface area contributed by atoms with Gasteiger partial charge >= 0.3 is 0 Å². The van der Waals surface area contributed by atoms with Crippen LogP contribution in [0.5, 0.6) is 5.75 Å². The van der Waals surface area contributed by atoms with E-state index in [0.717, 1.165) is 22.2 Å². The fraction of sp³-hybridized carbons (Fsp3) is 0.133. The summed E-state index contributed by atoms with van der Waals surface area (Å²) in [5, 5.41) is 9.79. The number of nitrogens with one attached hydrogen (secondary N) is 1. The zero-order chi connectivity index (χ0) is 13.6. The van der Waals surface area contributed by atoms with E-state index in [4.69, 9.17) is 0 Å². The van der Waals surface area contributed by atoms with Crippen molar-refractivity contribution < 1.29 is 9.50 Å². The summed E-state index contributed by atoms with van der Waals surface area (Å²) in [6.45, 7) is 3.95. The number of hydrogen-bond acceptors (Lipinski definition) is 2. The van der Waals surface area contributed by atoms with Crippen molar-refractivity contribution in [2.45, 2.75) is 13.8 Å². The Morgan fingerprint density at radius 2 is 2.00 bits per heavy atom. The molecule has 0 unspecified atom stereocenters. The molecule has 1 aromatic heterocycles. The number of aromatic amines is 1. The fourth-order valence-electron chi connectivity index (χ4n) is 2.34. The van der Waals surface area contributed by atoms with Crippen molar-refractivity contribution in [2.24, 2.45) is 0 Å². The van der Waals surface area contributed by atoms with Crippen molar-refractivity contribution >= 4 is 11.0 Å². The summed E-state index contributed by atoms with van der Waals surface area (Å²) in [6.07, 6.45) is 0. The van der Waals surface area contributed by atoms with E-state index < -0.39 is 5.82 Å². The molecular formula is C15H13FN2O. The minimum absolute atomic E-state index is 0.107. The van der Waals surface area contributed by atoms with Crippen molar-refractivity contribution in [3.8, 4) is 17.1 Å². The third-order valence-electron chi connectivity index (χ3n) is 3.15. The van der Waals surface area contributed by atoms with Gasteiger partial charge in [-0.25, -0.2) is 9.37 Å². The van der Waals surface area contributed by atoms with Gasteiger partial charge in [0.05, 0.1) is 16.6 Å². The summed E-state index contributed by atoms with van der Waals surface area (Å²) in [5.74, 6) is -0.263. The average molecular weight is 256 g/mol. The first-order valence-electron chi connectivity index (χ1n) is 6.01. The number of benzene rings is 2. The van der Waals surface area contributed by atoms with Crippen LogP contribution in [0.15, 0.2) is 30.3 Å². The number of aromatic hydroxyl groups is 1. The van der Waals surface area contributed by atoms with E-state index in [1.54, 1.807) is 0 Å². The van der Waals surface area contributed by atoms with Gasteiger partial charge in [0.25, 0.3) is 0 Å². The van der Waals surface area contributed by atoms with Crippen molar-refractivity contribution in [3.63, 3.8) is 0 Å². The second kappa shape index (κ2) is 4.09. The molecular weight excluding hydrogens is 243 g/mol. The Labute approximate surface area is 109 Å². The molecule has 0 saturated carbocycles. The number of fused-ring (bicyclic) bond motifs is 1. The molecule has 0 aliphatic rings. The summed E-state index contributed by atoms with van der Waals surface area (Å²) in [7, 11) is 0. The van der Waals surface area contributed by atoms with E-state index >= 15 is 0 Å². The van der Waals surface area contributed by atoms with Crippen LogP contribution in [0, 0.1) is 19.7 Å². The zero-order valence-corrected chi connectivity index (χ0v) is 10.7. The first-order chi connectivity index (χ1) is 9.06. The molecule has 0 aliphatic carbocycles. The number of aryl methyl sites for hydroxylation is 2. The van der Waals surface area contributed by atoms with E-state index in [1.807, 2.05) is 26.0 Å². The Kier molecular flexibility index (Phi) is 2.52. The lowest BCUT2D eigenvalue weighted by molar-refractivity contribution is 0.471. The lowest BCUT2D eigenvalue weighted by Crippen LogP contribution is -1.87. The van der Waals surface area contributed by atoms with Crippen LogP contribution in [0.2, 0.25) is 0 Å². The van der Waals surface area contributed by atoms with Crippen molar-refractivity contribution in [2.75, 3.05) is 0 Å². The van der Waals surface area contributed by atoms with Gasteiger partial charge in [-0.2, -0.15) is 0 Å². The van der Waals surface area contributed by atoms with Crippen molar-refractivity contribution in [1.82, 2.24) is 9.97 Å². The zero-order valence-electron chi connectivity index (χ0n) is 10.7. The van der Waals surface area contributed by atoms with Gasteiger partial charge in [0.2, 0.25) is 0 Å². The Morgan fingerprint density at radius 3 is 2.74 bits per heavy atom. The number of H-pyrrole nitrogens is 1. The second-order valence-corrected chi connectivity index (χ2v) is 4.70. The number of rotatable bonds is 1. The van der Waals surface area contributed by atoms with Crippen LogP contribution in [0.3, 0.4) is 0 Å². The first-order valence-corrected chi connectivity index (χ1v) is 6.01. The minimum atomic E-state index is -0.492. The number of nitrogens with zero attached hydrogens (tertiary/aromatic N) is 1. The molecule has 0 radical (unpaired) electrons. The molecule has 2 N–H and O–H groups in total. The average Bonchev–Trinajstić information content (AvgIpc) is 2.72. The normalized spacial score (nSPS) is 11.1. The van der Waals surface area contributed by atoms with Gasteiger partial charge in [-0.05, 0) is 43.2 Å². The van der Waals surface area contributed by atoms with Crippen LogP contribution in [0.1, 0.15) is 11.1 Å². The second-order valence-electron chi connectivity index (χ2n) is 4.70. The van der Waals surface area contributed by atoms with E-state index in [1.165, 1.54) is 18.2 Å². The highest BCUT2D eigenvalue weighted by Crippen LogP contribution is 2.31. The van der Waals surface area contributed by atoms with Crippen molar-refractivity contribution in [1.29, 1.82) is 0 Å². The topological polar surface area (TPSA) is 48.9 Å². The van der Waals surface area contributed by atoms with Crippen LogP contribution in [-0.4, -0.2) is 15.1 Å². The quantitative estimate of drug-likeness (QED) is 0.697. The van der Waals surface area contributed by atoms with Crippen LogP contribution in [0.25, 0.3) is 22.4 Å². The predicted molar refractivity (Wildman–Crippen MR) is 72.6 cm³/mol. The lowest BCUT2D eigenvalue weighted by atomic mass is 10.1. The molecule has 4 heteroatoms. The highest BCUT2D eigenvalue weighted by molar-refractivity contribution is 5.84. The Hall–Kier alpha value is -2.36. The highest BCUT2D eigenvalue weighted by Gasteiger charge is 2.15. The third-order valence-corrected chi connectivity index (χ3v) is 3.15. The highest BCUT2D eigenvalue weighted by atomic mass is 19.1. The number of phenolic OH excluding ortho intramolecular Hbond substituents is 1. The number of aromatic nitrogens is 2. The molecule has 0 aliphatic heterocycles. The first kappa shape index (κ1) is 11.7. The molecule has 0 fully saturated rings. The van der Waals surface area contributed by atoms with Crippen molar-refractivity contribution in [3.05, 3.63) is 47.3 Å². The smallest absolute Gasteiger partial charge is 0.145 e. The molecule has 0 atom stereocenters.